The first-order valence-electron chi connectivity index (χ1n) is 5.54. The maximum atomic E-state index is 11.8. The Labute approximate surface area is 121 Å². The molecule has 0 fully saturated rings. The Morgan fingerprint density at radius 2 is 2.05 bits per heavy atom. The Balaban J connectivity index is 2.65. The van der Waals surface area contributed by atoms with Crippen LogP contribution in [-0.2, 0) is 4.79 Å². The number of carbonyl (C=O) groups is 1. The van der Waals surface area contributed by atoms with Crippen LogP contribution in [0.25, 0.3) is 0 Å². The number of nitrogens with one attached hydrogen (secondary N) is 1. The first-order chi connectivity index (χ1) is 8.93. The number of hydrogen-bond donors (Lipinski definition) is 2. The molecule has 5 nitrogen and oxygen atoms in total. The molecule has 0 spiro atoms. The van der Waals surface area contributed by atoms with Gasteiger partial charge >= 0.3 is 0 Å². The molecule has 0 unspecified atom stereocenters. The summed E-state index contributed by atoms with van der Waals surface area (Å²) in [6.45, 7) is 0.672. The van der Waals surface area contributed by atoms with Crippen LogP contribution in [0.4, 0.5) is 11.4 Å². The third-order valence-corrected chi connectivity index (χ3v) is 2.94. The standard InChI is InChI=1S/C12H14Cl2N4O/c1-18(4-2-3-15)7-11(19)17-12-9(13)5-8(16)6-10(12)14/h5-6H,2,4,7,16H2,1H3,(H,17,19). The zero-order valence-electron chi connectivity index (χ0n) is 10.4. The van der Waals surface area contributed by atoms with Crippen LogP contribution in [0.5, 0.6) is 0 Å². The average Bonchev–Trinajstić information content (AvgIpc) is 2.31. The topological polar surface area (TPSA) is 82.2 Å². The van der Waals surface area contributed by atoms with Crippen molar-refractivity contribution in [1.82, 2.24) is 4.90 Å². The molecular formula is C12H14Cl2N4O. The fraction of sp³-hybridized carbons (Fsp3) is 0.333. The Hall–Kier alpha value is -1.48. The second kappa shape index (κ2) is 7.19. The smallest absolute Gasteiger partial charge is 0.238 e. The second-order valence-electron chi connectivity index (χ2n) is 4.05. The molecule has 0 aliphatic rings. The number of amides is 1. The molecular weight excluding hydrogens is 287 g/mol. The molecule has 0 aliphatic heterocycles. The van der Waals surface area contributed by atoms with Crippen molar-refractivity contribution in [2.45, 2.75) is 6.42 Å². The maximum absolute atomic E-state index is 11.8. The van der Waals surface area contributed by atoms with E-state index in [0.717, 1.165) is 0 Å². The third kappa shape index (κ3) is 4.95. The minimum atomic E-state index is -0.256. The van der Waals surface area contributed by atoms with E-state index in [-0.39, 0.29) is 22.5 Å². The van der Waals surface area contributed by atoms with Gasteiger partial charge < -0.3 is 11.1 Å². The zero-order valence-corrected chi connectivity index (χ0v) is 11.9. The van der Waals surface area contributed by atoms with Gasteiger partial charge in [-0.05, 0) is 19.2 Å². The fourth-order valence-corrected chi connectivity index (χ4v) is 2.05. The number of halogens is 2. The highest BCUT2D eigenvalue weighted by molar-refractivity contribution is 6.40. The van der Waals surface area contributed by atoms with Crippen LogP contribution in [0.1, 0.15) is 6.42 Å². The molecule has 19 heavy (non-hydrogen) atoms. The van der Waals surface area contributed by atoms with Crippen LogP contribution >= 0.6 is 23.2 Å². The molecule has 0 radical (unpaired) electrons. The highest BCUT2D eigenvalue weighted by atomic mass is 35.5. The number of nitrogen functional groups attached to an aromatic ring is 1. The summed E-state index contributed by atoms with van der Waals surface area (Å²) in [6, 6.07) is 5.05. The molecule has 0 aromatic heterocycles. The number of carbonyl (C=O) groups excluding carboxylic acids is 1. The van der Waals surface area contributed by atoms with Gasteiger partial charge in [0.05, 0.1) is 28.3 Å². The third-order valence-electron chi connectivity index (χ3n) is 2.35. The summed E-state index contributed by atoms with van der Waals surface area (Å²) in [7, 11) is 1.75. The maximum Gasteiger partial charge on any atom is 0.238 e. The first kappa shape index (κ1) is 15.6. The highest BCUT2D eigenvalue weighted by Crippen LogP contribution is 2.32. The van der Waals surface area contributed by atoms with Crippen LogP contribution in [-0.4, -0.2) is 30.9 Å². The van der Waals surface area contributed by atoms with Gasteiger partial charge in [0.25, 0.3) is 0 Å². The number of nitrogens with zero attached hydrogens (tertiary/aromatic N) is 2. The van der Waals surface area contributed by atoms with Crippen molar-refractivity contribution in [3.8, 4) is 6.07 Å². The van der Waals surface area contributed by atoms with E-state index in [2.05, 4.69) is 5.32 Å². The Morgan fingerprint density at radius 3 is 2.58 bits per heavy atom. The van der Waals surface area contributed by atoms with Crippen LogP contribution < -0.4 is 11.1 Å². The van der Waals surface area contributed by atoms with Crippen molar-refractivity contribution in [1.29, 1.82) is 5.26 Å². The molecule has 0 saturated carbocycles. The van der Waals surface area contributed by atoms with Crippen molar-refractivity contribution in [2.75, 3.05) is 31.2 Å². The molecule has 1 aromatic rings. The summed E-state index contributed by atoms with van der Waals surface area (Å²) in [5.74, 6) is -0.256. The SMILES string of the molecule is CN(CCC#N)CC(=O)Nc1c(Cl)cc(N)cc1Cl. The Morgan fingerprint density at radius 1 is 1.47 bits per heavy atom. The average molecular weight is 301 g/mol. The summed E-state index contributed by atoms with van der Waals surface area (Å²) in [5.41, 5.74) is 6.35. The van der Waals surface area contributed by atoms with Crippen LogP contribution in [0.15, 0.2) is 12.1 Å². The van der Waals surface area contributed by atoms with E-state index in [9.17, 15) is 4.79 Å². The van der Waals surface area contributed by atoms with Gasteiger partial charge in [-0.2, -0.15) is 5.26 Å². The van der Waals surface area contributed by atoms with Gasteiger partial charge in [0.1, 0.15) is 0 Å². The number of anilines is 2. The lowest BCUT2D eigenvalue weighted by molar-refractivity contribution is -0.117. The summed E-state index contributed by atoms with van der Waals surface area (Å²) in [6.07, 6.45) is 0.368. The number of benzene rings is 1. The van der Waals surface area contributed by atoms with Crippen molar-refractivity contribution in [3.05, 3.63) is 22.2 Å². The van der Waals surface area contributed by atoms with E-state index in [1.807, 2.05) is 6.07 Å². The molecule has 0 saturated heterocycles. The second-order valence-corrected chi connectivity index (χ2v) is 4.87. The molecule has 0 aliphatic carbocycles. The van der Waals surface area contributed by atoms with E-state index in [4.69, 9.17) is 34.2 Å². The molecule has 1 aromatic carbocycles. The minimum absolute atomic E-state index is 0.152. The van der Waals surface area contributed by atoms with Crippen molar-refractivity contribution < 1.29 is 4.79 Å². The van der Waals surface area contributed by atoms with Gasteiger partial charge in [0, 0.05) is 18.7 Å². The van der Waals surface area contributed by atoms with Crippen molar-refractivity contribution in [2.24, 2.45) is 0 Å². The number of hydrogen-bond acceptors (Lipinski definition) is 4. The van der Waals surface area contributed by atoms with E-state index in [1.54, 1.807) is 11.9 Å². The lowest BCUT2D eigenvalue weighted by Crippen LogP contribution is -2.30. The largest absolute Gasteiger partial charge is 0.399 e. The molecule has 1 amide bonds. The predicted octanol–water partition coefficient (Wildman–Crippen LogP) is 2.36. The quantitative estimate of drug-likeness (QED) is 0.818. The summed E-state index contributed by atoms with van der Waals surface area (Å²) in [5, 5.41) is 11.7. The van der Waals surface area contributed by atoms with Gasteiger partial charge in [-0.25, -0.2) is 0 Å². The van der Waals surface area contributed by atoms with Gasteiger partial charge in [0.2, 0.25) is 5.91 Å². The first-order valence-corrected chi connectivity index (χ1v) is 6.29. The number of nitriles is 1. The van der Waals surface area contributed by atoms with Gasteiger partial charge in [-0.15, -0.1) is 0 Å². The van der Waals surface area contributed by atoms with Crippen LogP contribution in [0.3, 0.4) is 0 Å². The van der Waals surface area contributed by atoms with E-state index >= 15 is 0 Å². The van der Waals surface area contributed by atoms with E-state index in [1.165, 1.54) is 12.1 Å². The molecule has 102 valence electrons. The van der Waals surface area contributed by atoms with Gasteiger partial charge in [-0.1, -0.05) is 23.2 Å². The summed E-state index contributed by atoms with van der Waals surface area (Å²) < 4.78 is 0. The normalized spacial score (nSPS) is 10.3. The van der Waals surface area contributed by atoms with Gasteiger partial charge in [0.15, 0.2) is 0 Å². The lowest BCUT2D eigenvalue weighted by Gasteiger charge is -2.15. The van der Waals surface area contributed by atoms with Crippen molar-refractivity contribution >= 4 is 40.5 Å². The Kier molecular flexibility index (Phi) is 5.90. The van der Waals surface area contributed by atoms with E-state index in [0.29, 0.717) is 24.3 Å². The highest BCUT2D eigenvalue weighted by Gasteiger charge is 2.12. The molecule has 1 rings (SSSR count). The van der Waals surface area contributed by atoms with Crippen molar-refractivity contribution in [3.63, 3.8) is 0 Å². The number of rotatable bonds is 5. The predicted molar refractivity (Wildman–Crippen MR) is 77.2 cm³/mol. The molecule has 0 bridgehead atoms. The monoisotopic (exact) mass is 300 g/mol. The van der Waals surface area contributed by atoms with Crippen LogP contribution in [0, 0.1) is 11.3 Å². The van der Waals surface area contributed by atoms with E-state index < -0.39 is 0 Å². The zero-order chi connectivity index (χ0) is 14.4. The molecule has 0 heterocycles. The number of nitrogens with two attached hydrogens (primary N) is 1. The fourth-order valence-electron chi connectivity index (χ4n) is 1.46. The molecule has 3 N–H and O–H groups in total. The summed E-state index contributed by atoms with van der Waals surface area (Å²) >= 11 is 11.9. The Bertz CT molecular complexity index is 490. The van der Waals surface area contributed by atoms with Gasteiger partial charge in [-0.3, -0.25) is 9.69 Å². The molecule has 7 heteroatoms. The summed E-state index contributed by atoms with van der Waals surface area (Å²) in [4.78, 5) is 13.5. The number of likely N-dealkylation sites (N-methyl/N-ethyl adjacent to an activating group) is 1. The lowest BCUT2D eigenvalue weighted by atomic mass is 10.2. The minimum Gasteiger partial charge on any atom is -0.399 e. The molecule has 0 atom stereocenters. The van der Waals surface area contributed by atoms with Crippen LogP contribution in [0.2, 0.25) is 10.0 Å².